The summed E-state index contributed by atoms with van der Waals surface area (Å²) in [5.74, 6) is 0. The van der Waals surface area contributed by atoms with E-state index in [-0.39, 0.29) is 59.4 Å². The molecule has 0 rings (SSSR count). The van der Waals surface area contributed by atoms with Crippen LogP contribution in [-0.4, -0.2) is 108 Å². The first-order valence-electron chi connectivity index (χ1n) is 9.80. The van der Waals surface area contributed by atoms with Gasteiger partial charge in [0.2, 0.25) is 0 Å². The molecule has 0 amide bonds. The molecular weight excluding hydrogens is 470 g/mol. The van der Waals surface area contributed by atoms with Crippen molar-refractivity contribution < 1.29 is 13.3 Å². The summed E-state index contributed by atoms with van der Waals surface area (Å²) in [6.45, 7) is 15.7. The fraction of sp³-hybridized carbons (Fsp3) is 1.00. The van der Waals surface area contributed by atoms with Crippen LogP contribution in [-0.2, 0) is 13.3 Å². The molecule has 0 unspecified atom stereocenters. The molecule has 0 radical (unpaired) electrons. The van der Waals surface area contributed by atoms with Crippen molar-refractivity contribution in [2.75, 3.05) is 76.8 Å². The first-order chi connectivity index (χ1) is 12.2. The molecule has 0 N–H and O–H groups in total. The molecule has 6 nitrogen and oxygen atoms in total. The van der Waals surface area contributed by atoms with Crippen molar-refractivity contribution >= 4 is 16.9 Å². The van der Waals surface area contributed by atoms with Gasteiger partial charge in [0.25, 0.3) is 0 Å². The minimum absolute atomic E-state index is 0. The van der Waals surface area contributed by atoms with Gasteiger partial charge in [0, 0.05) is 42.1 Å². The van der Waals surface area contributed by atoms with Gasteiger partial charge in [0.15, 0.2) is 0 Å². The molecule has 0 atom stereocenters. The van der Waals surface area contributed by atoms with E-state index in [4.69, 9.17) is 13.3 Å². The van der Waals surface area contributed by atoms with Gasteiger partial charge in [-0.3, -0.25) is 9.80 Å². The number of rotatable bonds is 8. The second kappa shape index (κ2) is 47.4. The maximum atomic E-state index is 5.08. The van der Waals surface area contributed by atoms with Gasteiger partial charge in [-0.05, 0) is 48.8 Å². The van der Waals surface area contributed by atoms with E-state index < -0.39 is 16.9 Å². The van der Waals surface area contributed by atoms with Crippen LogP contribution in [0.25, 0.3) is 0 Å². The molecule has 0 heterocycles. The van der Waals surface area contributed by atoms with E-state index in [0.29, 0.717) is 0 Å². The van der Waals surface area contributed by atoms with Gasteiger partial charge in [-0.15, -0.1) is 0 Å². The van der Waals surface area contributed by atoms with Gasteiger partial charge in [0.1, 0.15) is 0 Å². The summed E-state index contributed by atoms with van der Waals surface area (Å²) in [7, 11) is 14.4. The van der Waals surface area contributed by atoms with Gasteiger partial charge in [-0.25, -0.2) is 0 Å². The lowest BCUT2D eigenvalue weighted by atomic mass is 10.7. The Morgan fingerprint density at radius 3 is 0.686 bits per heavy atom. The van der Waals surface area contributed by atoms with Gasteiger partial charge in [0.05, 0.1) is 0 Å². The Hall–Kier alpha value is 0.194. The lowest BCUT2D eigenvalue weighted by molar-refractivity contribution is 0.125. The molecule has 234 valence electrons. The third-order valence-electron chi connectivity index (χ3n) is 3.62. The zero-order chi connectivity index (χ0) is 22.7. The Balaban J connectivity index is -0.0000000190. The smallest absolute Gasteiger partial charge is 0.377 e. The summed E-state index contributed by atoms with van der Waals surface area (Å²) in [4.78, 5) is 6.38. The second-order valence-corrected chi connectivity index (χ2v) is 17.4. The molecule has 0 aliphatic heterocycles. The fourth-order valence-corrected chi connectivity index (χ4v) is 2.61. The predicted molar refractivity (Wildman–Crippen MR) is 181 cm³/mol. The van der Waals surface area contributed by atoms with Crippen molar-refractivity contribution in [3.05, 3.63) is 0 Å². The lowest BCUT2D eigenvalue weighted by Gasteiger charge is -2.22. The summed E-state index contributed by atoms with van der Waals surface area (Å²) in [5, 5.41) is 0. The number of nitrogens with zero attached hydrogens (tertiary/aromatic N) is 3. The van der Waals surface area contributed by atoms with Gasteiger partial charge < -0.3 is 18.2 Å². The molecule has 0 saturated heterocycles. The van der Waals surface area contributed by atoms with E-state index in [1.165, 1.54) is 6.04 Å². The SMILES string of the molecule is C.C.C.C.C.C.C.C.CCN(C)C.CC[Si](C)(C)C.CC[Si](OC)(OC)OC.CN(C)CN(C)C. The van der Waals surface area contributed by atoms with Gasteiger partial charge in [-0.1, -0.05) is 106 Å². The highest BCUT2D eigenvalue weighted by Crippen LogP contribution is 2.10. The van der Waals surface area contributed by atoms with E-state index in [0.717, 1.165) is 19.3 Å². The summed E-state index contributed by atoms with van der Waals surface area (Å²) < 4.78 is 15.2. The van der Waals surface area contributed by atoms with Crippen molar-refractivity contribution in [2.24, 2.45) is 0 Å². The van der Waals surface area contributed by atoms with Crippen LogP contribution in [0.4, 0.5) is 0 Å². The Labute approximate surface area is 233 Å². The predicted octanol–water partition coefficient (Wildman–Crippen LogP) is 8.95. The van der Waals surface area contributed by atoms with Crippen LogP contribution in [0.15, 0.2) is 0 Å². The number of hydrogen-bond acceptors (Lipinski definition) is 6. The molecule has 0 saturated carbocycles. The van der Waals surface area contributed by atoms with Crippen molar-refractivity contribution in [1.29, 1.82) is 0 Å². The summed E-state index contributed by atoms with van der Waals surface area (Å²) in [5.41, 5.74) is 0. The minimum Gasteiger partial charge on any atom is -0.377 e. The fourth-order valence-electron chi connectivity index (χ4n) is 1.25. The van der Waals surface area contributed by atoms with Gasteiger partial charge in [-0.2, -0.15) is 0 Å². The molecule has 35 heavy (non-hydrogen) atoms. The van der Waals surface area contributed by atoms with Crippen LogP contribution in [0.5, 0.6) is 0 Å². The molecule has 0 spiro atoms. The van der Waals surface area contributed by atoms with Crippen LogP contribution in [0, 0.1) is 0 Å². The summed E-state index contributed by atoms with van der Waals surface area (Å²) >= 11 is 0. The van der Waals surface area contributed by atoms with Crippen LogP contribution in [0.1, 0.15) is 80.2 Å². The van der Waals surface area contributed by atoms with Crippen LogP contribution >= 0.6 is 0 Å². The lowest BCUT2D eigenvalue weighted by Crippen LogP contribution is -2.41. The van der Waals surface area contributed by atoms with E-state index in [9.17, 15) is 0 Å². The third kappa shape index (κ3) is 78.9. The molecule has 0 aromatic carbocycles. The van der Waals surface area contributed by atoms with E-state index >= 15 is 0 Å². The summed E-state index contributed by atoms with van der Waals surface area (Å²) in [6.07, 6.45) is 0. The van der Waals surface area contributed by atoms with Crippen molar-refractivity contribution in [3.8, 4) is 0 Å². The first kappa shape index (κ1) is 76.5. The average molecular weight is 556 g/mol. The minimum atomic E-state index is -2.19. The van der Waals surface area contributed by atoms with Crippen molar-refractivity contribution in [2.45, 2.75) is 112 Å². The zero-order valence-electron chi connectivity index (χ0n) is 21.4. The topological polar surface area (TPSA) is 37.4 Å². The quantitative estimate of drug-likeness (QED) is 0.220. The standard InChI is InChI=1S/C5H14N2.C5H14O3Si.C5H14Si.C4H11N.8CH4/c1-6(2)5-7(3)4;1-5-9(6-2,7-3)8-4;1-5-6(2,3)4;1-4-5(2)3;;;;;;;;/h5H2,1-4H3;5H2,1-4H3;5H2,1-4H3;4H2,1-3H3;8*1H4. The molecule has 0 aliphatic carbocycles. The molecule has 8 heteroatoms. The molecule has 0 fully saturated rings. The Morgan fingerprint density at radius 1 is 0.486 bits per heavy atom. The normalized spacial score (nSPS) is 8.74. The molecule has 0 aromatic rings. The highest BCUT2D eigenvalue weighted by atomic mass is 28.4. The Morgan fingerprint density at radius 2 is 0.686 bits per heavy atom. The highest BCUT2D eigenvalue weighted by Gasteiger charge is 2.34. The maximum Gasteiger partial charge on any atom is 0.499 e. The molecule has 0 aromatic heterocycles. The van der Waals surface area contributed by atoms with Gasteiger partial charge >= 0.3 is 8.80 Å². The largest absolute Gasteiger partial charge is 0.499 e. The monoisotopic (exact) mass is 556 g/mol. The molecular formula is C27H85N3O3Si2. The second-order valence-electron chi connectivity index (χ2n) is 8.26. The third-order valence-corrected chi connectivity index (χ3v) is 8.48. The van der Waals surface area contributed by atoms with Crippen molar-refractivity contribution in [3.63, 3.8) is 0 Å². The first-order valence-corrected chi connectivity index (χ1v) is 15.4. The van der Waals surface area contributed by atoms with E-state index in [1.54, 1.807) is 21.3 Å². The Kier molecular flexibility index (Phi) is 104. The van der Waals surface area contributed by atoms with E-state index in [2.05, 4.69) is 90.5 Å². The summed E-state index contributed by atoms with van der Waals surface area (Å²) in [6, 6.07) is 2.23. The molecule has 0 aliphatic rings. The Bertz CT molecular complexity index is 264. The number of hydrogen-bond donors (Lipinski definition) is 0. The average Bonchev–Trinajstić information content (AvgIpc) is 2.57. The van der Waals surface area contributed by atoms with Crippen LogP contribution in [0.2, 0.25) is 31.7 Å². The van der Waals surface area contributed by atoms with E-state index in [1.807, 2.05) is 6.92 Å². The zero-order valence-corrected chi connectivity index (χ0v) is 23.4. The van der Waals surface area contributed by atoms with Crippen LogP contribution < -0.4 is 0 Å². The van der Waals surface area contributed by atoms with Crippen LogP contribution in [0.3, 0.4) is 0 Å². The molecule has 0 bridgehead atoms. The maximum absolute atomic E-state index is 5.08. The van der Waals surface area contributed by atoms with Crippen molar-refractivity contribution in [1.82, 2.24) is 14.7 Å². The highest BCUT2D eigenvalue weighted by molar-refractivity contribution is 6.75.